The molecule has 0 aromatic heterocycles. The molecule has 0 saturated heterocycles. The lowest BCUT2D eigenvalue weighted by atomic mass is 10.0. The Labute approximate surface area is 179 Å². The number of hydrogen-bond donors (Lipinski definition) is 2. The van der Waals surface area contributed by atoms with Crippen molar-refractivity contribution >= 4 is 17.7 Å². The van der Waals surface area contributed by atoms with E-state index in [-0.39, 0.29) is 11.9 Å². The topological polar surface area (TPSA) is 70.7 Å². The maximum Gasteiger partial charge on any atom is 0.412 e. The van der Waals surface area contributed by atoms with E-state index >= 15 is 0 Å². The number of ether oxygens (including phenoxy) is 1. The molecular formula is C24H33N3O3. The van der Waals surface area contributed by atoms with Crippen LogP contribution in [0.3, 0.4) is 0 Å². The highest BCUT2D eigenvalue weighted by Gasteiger charge is 2.17. The number of carbonyl (C=O) groups excluding carboxylic acids is 2. The molecule has 0 aliphatic carbocycles. The molecule has 2 rings (SSSR count). The summed E-state index contributed by atoms with van der Waals surface area (Å²) in [6.07, 6.45) is 0.477. The number of carbonyl (C=O) groups is 2. The average molecular weight is 412 g/mol. The highest BCUT2D eigenvalue weighted by atomic mass is 16.6. The van der Waals surface area contributed by atoms with Crippen LogP contribution in [0.4, 0.5) is 10.5 Å². The van der Waals surface area contributed by atoms with E-state index in [0.29, 0.717) is 17.8 Å². The van der Waals surface area contributed by atoms with E-state index in [2.05, 4.69) is 46.7 Å². The standard InChI is InChI=1S/C24H33N3O3/c1-7-17-8-10-18(11-9-17)21(27(5)6)16-25-22(28)19-12-14-20(15-13-19)26-23(29)30-24(2,3)4/h8-15,21H,7,16H2,1-6H3,(H,25,28)(H,26,29). The highest BCUT2D eigenvalue weighted by molar-refractivity contribution is 5.95. The molecular weight excluding hydrogens is 378 g/mol. The van der Waals surface area contributed by atoms with Gasteiger partial charge < -0.3 is 15.0 Å². The van der Waals surface area contributed by atoms with Crippen LogP contribution in [-0.4, -0.2) is 43.1 Å². The Bertz CT molecular complexity index is 837. The number of likely N-dealkylation sites (N-methyl/N-ethyl adjacent to an activating group) is 1. The molecule has 0 heterocycles. The van der Waals surface area contributed by atoms with Crippen LogP contribution in [0.5, 0.6) is 0 Å². The summed E-state index contributed by atoms with van der Waals surface area (Å²) in [5.74, 6) is -0.157. The Morgan fingerprint density at radius 2 is 1.60 bits per heavy atom. The van der Waals surface area contributed by atoms with Crippen LogP contribution in [0.25, 0.3) is 0 Å². The van der Waals surface area contributed by atoms with E-state index in [9.17, 15) is 9.59 Å². The summed E-state index contributed by atoms with van der Waals surface area (Å²) in [6.45, 7) is 8.04. The summed E-state index contributed by atoms with van der Waals surface area (Å²) in [5, 5.41) is 5.67. The molecule has 0 bridgehead atoms. The highest BCUT2D eigenvalue weighted by Crippen LogP contribution is 2.19. The number of benzene rings is 2. The second-order valence-electron chi connectivity index (χ2n) is 8.49. The molecule has 6 heteroatoms. The van der Waals surface area contributed by atoms with E-state index in [1.54, 1.807) is 45.0 Å². The number of amides is 2. The zero-order chi connectivity index (χ0) is 22.3. The van der Waals surface area contributed by atoms with Gasteiger partial charge in [0.1, 0.15) is 5.60 Å². The fourth-order valence-electron chi connectivity index (χ4n) is 2.99. The van der Waals surface area contributed by atoms with Crippen molar-refractivity contribution in [2.24, 2.45) is 0 Å². The number of nitrogens with zero attached hydrogens (tertiary/aromatic N) is 1. The minimum absolute atomic E-state index is 0.0768. The van der Waals surface area contributed by atoms with Crippen LogP contribution in [0.1, 0.15) is 55.2 Å². The molecule has 0 fully saturated rings. The minimum atomic E-state index is -0.566. The first-order valence-electron chi connectivity index (χ1n) is 10.2. The quantitative estimate of drug-likeness (QED) is 0.697. The summed E-state index contributed by atoms with van der Waals surface area (Å²) in [4.78, 5) is 26.5. The molecule has 162 valence electrons. The van der Waals surface area contributed by atoms with Crippen LogP contribution in [-0.2, 0) is 11.2 Å². The maximum absolute atomic E-state index is 12.6. The Balaban J connectivity index is 1.96. The Hall–Kier alpha value is -2.86. The third kappa shape index (κ3) is 7.19. The predicted octanol–water partition coefficient (Wildman–Crippen LogP) is 4.63. The maximum atomic E-state index is 12.6. The molecule has 6 nitrogen and oxygen atoms in total. The van der Waals surface area contributed by atoms with Crippen molar-refractivity contribution in [3.8, 4) is 0 Å². The SMILES string of the molecule is CCc1ccc(C(CNC(=O)c2ccc(NC(=O)OC(C)(C)C)cc2)N(C)C)cc1. The van der Waals surface area contributed by atoms with Gasteiger partial charge in [0.05, 0.1) is 6.04 Å². The average Bonchev–Trinajstić information content (AvgIpc) is 2.67. The van der Waals surface area contributed by atoms with Crippen molar-refractivity contribution in [3.05, 3.63) is 65.2 Å². The largest absolute Gasteiger partial charge is 0.444 e. The fourth-order valence-corrected chi connectivity index (χ4v) is 2.99. The van der Waals surface area contributed by atoms with Crippen LogP contribution in [0.2, 0.25) is 0 Å². The van der Waals surface area contributed by atoms with E-state index in [1.165, 1.54) is 5.56 Å². The summed E-state index contributed by atoms with van der Waals surface area (Å²) < 4.78 is 5.23. The van der Waals surface area contributed by atoms with Gasteiger partial charge in [-0.3, -0.25) is 10.1 Å². The molecule has 0 aliphatic heterocycles. The Morgan fingerprint density at radius 1 is 1.00 bits per heavy atom. The lowest BCUT2D eigenvalue weighted by Gasteiger charge is -2.25. The van der Waals surface area contributed by atoms with Gasteiger partial charge in [-0.25, -0.2) is 4.79 Å². The number of rotatable bonds is 7. The Morgan fingerprint density at radius 3 is 2.10 bits per heavy atom. The summed E-state index contributed by atoms with van der Waals surface area (Å²) in [5.41, 5.74) is 2.99. The van der Waals surface area contributed by atoms with Gasteiger partial charge >= 0.3 is 6.09 Å². The predicted molar refractivity (Wildman–Crippen MR) is 121 cm³/mol. The smallest absolute Gasteiger partial charge is 0.412 e. The molecule has 0 spiro atoms. The molecule has 2 N–H and O–H groups in total. The molecule has 2 aromatic rings. The van der Waals surface area contributed by atoms with E-state index < -0.39 is 11.7 Å². The van der Waals surface area contributed by atoms with Crippen molar-refractivity contribution in [1.82, 2.24) is 10.2 Å². The summed E-state index contributed by atoms with van der Waals surface area (Å²) >= 11 is 0. The summed E-state index contributed by atoms with van der Waals surface area (Å²) in [7, 11) is 4.00. The van der Waals surface area contributed by atoms with Gasteiger partial charge in [0.25, 0.3) is 5.91 Å². The minimum Gasteiger partial charge on any atom is -0.444 e. The van der Waals surface area contributed by atoms with Gasteiger partial charge in [0.15, 0.2) is 0 Å². The van der Waals surface area contributed by atoms with Crippen molar-refractivity contribution in [2.75, 3.05) is 26.0 Å². The van der Waals surface area contributed by atoms with Crippen molar-refractivity contribution in [2.45, 2.75) is 45.8 Å². The van der Waals surface area contributed by atoms with E-state index in [4.69, 9.17) is 4.74 Å². The summed E-state index contributed by atoms with van der Waals surface area (Å²) in [6, 6.07) is 15.3. The number of hydrogen-bond acceptors (Lipinski definition) is 4. The van der Waals surface area contributed by atoms with Crippen LogP contribution < -0.4 is 10.6 Å². The molecule has 0 saturated carbocycles. The third-order valence-electron chi connectivity index (χ3n) is 4.64. The fraction of sp³-hybridized carbons (Fsp3) is 0.417. The monoisotopic (exact) mass is 411 g/mol. The second kappa shape index (κ2) is 10.3. The molecule has 1 atom stereocenters. The van der Waals surface area contributed by atoms with Crippen LogP contribution in [0, 0.1) is 0 Å². The van der Waals surface area contributed by atoms with E-state index in [0.717, 1.165) is 12.0 Å². The lowest BCUT2D eigenvalue weighted by Crippen LogP contribution is -2.34. The first kappa shape index (κ1) is 23.4. The molecule has 0 aliphatic rings. The molecule has 2 amide bonds. The molecule has 0 radical (unpaired) electrons. The van der Waals surface area contributed by atoms with Gasteiger partial charge in [-0.2, -0.15) is 0 Å². The van der Waals surface area contributed by atoms with Crippen molar-refractivity contribution < 1.29 is 14.3 Å². The third-order valence-corrected chi connectivity index (χ3v) is 4.64. The molecule has 30 heavy (non-hydrogen) atoms. The van der Waals surface area contributed by atoms with Gasteiger partial charge in [-0.05, 0) is 76.7 Å². The van der Waals surface area contributed by atoms with Crippen LogP contribution in [0.15, 0.2) is 48.5 Å². The number of aryl methyl sites for hydroxylation is 1. The number of anilines is 1. The normalized spacial score (nSPS) is 12.4. The van der Waals surface area contributed by atoms with Crippen LogP contribution >= 0.6 is 0 Å². The second-order valence-corrected chi connectivity index (χ2v) is 8.49. The van der Waals surface area contributed by atoms with Crippen molar-refractivity contribution in [3.63, 3.8) is 0 Å². The van der Waals surface area contributed by atoms with Gasteiger partial charge in [0.2, 0.25) is 0 Å². The van der Waals surface area contributed by atoms with Gasteiger partial charge in [0, 0.05) is 17.8 Å². The molecule has 2 aromatic carbocycles. The van der Waals surface area contributed by atoms with Gasteiger partial charge in [-0.15, -0.1) is 0 Å². The lowest BCUT2D eigenvalue weighted by molar-refractivity contribution is 0.0635. The first-order valence-corrected chi connectivity index (χ1v) is 10.2. The Kier molecular flexibility index (Phi) is 8.00. The number of nitrogens with one attached hydrogen (secondary N) is 2. The van der Waals surface area contributed by atoms with Gasteiger partial charge in [-0.1, -0.05) is 31.2 Å². The zero-order valence-electron chi connectivity index (χ0n) is 18.8. The zero-order valence-corrected chi connectivity index (χ0v) is 18.8. The van der Waals surface area contributed by atoms with E-state index in [1.807, 2.05) is 14.1 Å². The molecule has 1 unspecified atom stereocenters. The van der Waals surface area contributed by atoms with Crippen molar-refractivity contribution in [1.29, 1.82) is 0 Å². The first-order chi connectivity index (χ1) is 14.1.